The number of thiophene rings is 1. The minimum atomic E-state index is -0.650. The summed E-state index contributed by atoms with van der Waals surface area (Å²) in [4.78, 5) is 36.7. The highest BCUT2D eigenvalue weighted by molar-refractivity contribution is 7.83. The number of hydrogen-bond acceptors (Lipinski definition) is 6. The number of amides is 2. The second kappa shape index (κ2) is 14.2. The first-order valence-corrected chi connectivity index (χ1v) is 12.6. The fourth-order valence-corrected chi connectivity index (χ4v) is 4.57. The lowest BCUT2D eigenvalue weighted by Gasteiger charge is -2.30. The normalized spacial score (nSPS) is 16.0. The molecule has 0 bridgehead atoms. The molecule has 186 valence electrons. The van der Waals surface area contributed by atoms with Crippen LogP contribution in [-0.4, -0.2) is 46.6 Å². The van der Waals surface area contributed by atoms with E-state index in [-0.39, 0.29) is 17.9 Å². The van der Waals surface area contributed by atoms with Gasteiger partial charge in [0.1, 0.15) is 11.9 Å². The van der Waals surface area contributed by atoms with Gasteiger partial charge in [-0.05, 0) is 42.4 Å². The predicted molar refractivity (Wildman–Crippen MR) is 145 cm³/mol. The van der Waals surface area contributed by atoms with Crippen LogP contribution in [0.15, 0.2) is 55.1 Å². The number of aromatic nitrogens is 2. The van der Waals surface area contributed by atoms with E-state index in [0.29, 0.717) is 6.54 Å². The zero-order valence-electron chi connectivity index (χ0n) is 20.3. The molecule has 2 aromatic heterocycles. The molecule has 1 aliphatic heterocycles. The quantitative estimate of drug-likeness (QED) is 0.211. The molecule has 0 radical (unpaired) electrons. The Kier molecular flexibility index (Phi) is 11.4. The Morgan fingerprint density at radius 2 is 2.14 bits per heavy atom. The molecule has 2 atom stereocenters. The summed E-state index contributed by atoms with van der Waals surface area (Å²) in [6.45, 7) is 10.4. The maximum atomic E-state index is 13.3. The Morgan fingerprint density at radius 3 is 2.83 bits per heavy atom. The van der Waals surface area contributed by atoms with Gasteiger partial charge in [0.2, 0.25) is 5.91 Å². The molecule has 1 unspecified atom stereocenters. The first kappa shape index (κ1) is 28.0. The number of imidazole rings is 1. The van der Waals surface area contributed by atoms with Crippen molar-refractivity contribution in [2.45, 2.75) is 38.8 Å². The van der Waals surface area contributed by atoms with Crippen molar-refractivity contribution in [1.82, 2.24) is 20.2 Å². The number of hydrogen-bond donors (Lipinski definition) is 3. The number of methoxy groups -OCH3 is 1. The smallest absolute Gasteiger partial charge is 0.407 e. The third-order valence-electron chi connectivity index (χ3n) is 5.28. The minimum Gasteiger partial charge on any atom is -0.453 e. The monoisotopic (exact) mass is 512 g/mol. The van der Waals surface area contributed by atoms with Gasteiger partial charge >= 0.3 is 6.09 Å². The van der Waals surface area contributed by atoms with Crippen LogP contribution in [0, 0.1) is 17.8 Å². The molecular formula is C26H32N4O3S2. The number of aromatic amines is 1. The molecular weight excluding hydrogens is 480 g/mol. The Labute approximate surface area is 216 Å². The van der Waals surface area contributed by atoms with Gasteiger partial charge in [0.25, 0.3) is 0 Å². The summed E-state index contributed by atoms with van der Waals surface area (Å²) in [5, 5.41) is 4.32. The van der Waals surface area contributed by atoms with E-state index in [1.165, 1.54) is 7.11 Å². The highest BCUT2D eigenvalue weighted by atomic mass is 32.1. The second-order valence-corrected chi connectivity index (χ2v) is 9.25. The van der Waals surface area contributed by atoms with Crippen LogP contribution >= 0.6 is 24.0 Å². The molecule has 2 amide bonds. The highest BCUT2D eigenvalue weighted by Gasteiger charge is 2.37. The molecule has 1 aliphatic rings. The van der Waals surface area contributed by atoms with Crippen LogP contribution < -0.4 is 5.32 Å². The third kappa shape index (κ3) is 7.64. The predicted octanol–water partition coefficient (Wildman–Crippen LogP) is 5.34. The third-order valence-corrected chi connectivity index (χ3v) is 6.49. The summed E-state index contributed by atoms with van der Waals surface area (Å²) in [6.07, 6.45) is 8.28. The molecule has 0 aromatic carbocycles. The maximum Gasteiger partial charge on any atom is 0.407 e. The van der Waals surface area contributed by atoms with Crippen LogP contribution in [0.2, 0.25) is 0 Å². The Morgan fingerprint density at radius 1 is 1.37 bits per heavy atom. The van der Waals surface area contributed by atoms with Crippen molar-refractivity contribution in [3.05, 3.63) is 65.8 Å². The first-order valence-electron chi connectivity index (χ1n) is 11.2. The zero-order chi connectivity index (χ0) is 25.8. The number of allylic oxidation sites excluding steroid dienone is 3. The molecule has 1 fully saturated rings. The van der Waals surface area contributed by atoms with E-state index in [0.717, 1.165) is 34.1 Å². The molecule has 7 nitrogen and oxygen atoms in total. The second-order valence-electron chi connectivity index (χ2n) is 7.86. The van der Waals surface area contributed by atoms with E-state index >= 15 is 0 Å². The molecule has 3 heterocycles. The number of thiol groups is 1. The van der Waals surface area contributed by atoms with E-state index in [1.54, 1.807) is 40.0 Å². The van der Waals surface area contributed by atoms with Crippen molar-refractivity contribution in [2.75, 3.05) is 13.7 Å². The molecule has 1 saturated heterocycles. The average molecular weight is 513 g/mol. The summed E-state index contributed by atoms with van der Waals surface area (Å²) in [7, 11) is 1.29. The Balaban J connectivity index is 0.00000210. The zero-order valence-corrected chi connectivity index (χ0v) is 22.0. The topological polar surface area (TPSA) is 87.3 Å². The lowest BCUT2D eigenvalue weighted by atomic mass is 10.0. The van der Waals surface area contributed by atoms with Gasteiger partial charge in [-0.2, -0.15) is 12.6 Å². The van der Waals surface area contributed by atoms with Gasteiger partial charge in [0.15, 0.2) is 0 Å². The van der Waals surface area contributed by atoms with Crippen molar-refractivity contribution < 1.29 is 14.3 Å². The number of carbonyl (C=O) groups is 2. The van der Waals surface area contributed by atoms with Gasteiger partial charge in [-0.1, -0.05) is 37.8 Å². The van der Waals surface area contributed by atoms with Crippen LogP contribution in [0.1, 0.15) is 43.4 Å². The highest BCUT2D eigenvalue weighted by Crippen LogP contribution is 2.34. The van der Waals surface area contributed by atoms with Crippen LogP contribution in [0.25, 0.3) is 10.6 Å². The number of carbonyl (C=O) groups excluding carboxylic acids is 2. The number of H-pyrrole nitrogens is 1. The number of nitrogens with one attached hydrogen (secondary N) is 2. The number of likely N-dealkylation sites (tertiary alicyclic amines) is 1. The summed E-state index contributed by atoms with van der Waals surface area (Å²) >= 11 is 5.57. The maximum absolute atomic E-state index is 13.3. The van der Waals surface area contributed by atoms with Crippen molar-refractivity contribution in [1.29, 1.82) is 0 Å². The summed E-state index contributed by atoms with van der Waals surface area (Å²) in [5.74, 6) is 6.66. The SMILES string of the molecule is C=C.COC(=O)NC(C(=O)N1CCC[C@H]1c1ncc(-c2ccc(C#C/C=C/C=C\S)s2)[nH]1)C(C)C. The molecule has 0 saturated carbocycles. The fraction of sp³-hybridized carbons (Fsp3) is 0.346. The average Bonchev–Trinajstić information content (AvgIpc) is 3.63. The summed E-state index contributed by atoms with van der Waals surface area (Å²) in [6, 6.07) is 3.18. The lowest BCUT2D eigenvalue weighted by molar-refractivity contribution is -0.135. The van der Waals surface area contributed by atoms with E-state index in [9.17, 15) is 9.59 Å². The molecule has 2 aromatic rings. The van der Waals surface area contributed by atoms with E-state index in [4.69, 9.17) is 4.74 Å². The van der Waals surface area contributed by atoms with Gasteiger partial charge in [-0.25, -0.2) is 9.78 Å². The fourth-order valence-electron chi connectivity index (χ4n) is 3.64. The number of alkyl carbamates (subject to hydrolysis) is 1. The first-order chi connectivity index (χ1) is 16.9. The molecule has 2 N–H and O–H groups in total. The molecule has 35 heavy (non-hydrogen) atoms. The largest absolute Gasteiger partial charge is 0.453 e. The summed E-state index contributed by atoms with van der Waals surface area (Å²) in [5.41, 5.74) is 0.893. The van der Waals surface area contributed by atoms with Gasteiger partial charge in [0, 0.05) is 6.54 Å². The van der Waals surface area contributed by atoms with Crippen LogP contribution in [0.5, 0.6) is 0 Å². The van der Waals surface area contributed by atoms with Crippen LogP contribution in [0.3, 0.4) is 0 Å². The molecule has 3 rings (SSSR count). The van der Waals surface area contributed by atoms with Crippen molar-refractivity contribution in [3.63, 3.8) is 0 Å². The standard InChI is InChI=1S/C24H28N4O3S2.C2H4/c1-16(2)21(27-24(30)31-3)23(29)28-13-8-10-19(28)22-25-15-18(26-22)20-12-11-17(33-20)9-6-4-5-7-14-32;1-2/h4-5,7,11-12,14-16,19,21,32H,8,10,13H2,1-3H3,(H,25,26)(H,27,30);1-2H2/b5-4+,14-7-;/t19-,21?;/m0./s1. The molecule has 9 heteroatoms. The lowest BCUT2D eigenvalue weighted by Crippen LogP contribution is -2.51. The van der Waals surface area contributed by atoms with Crippen molar-refractivity contribution in [2.24, 2.45) is 5.92 Å². The van der Waals surface area contributed by atoms with Crippen LogP contribution in [-0.2, 0) is 9.53 Å². The molecule has 0 spiro atoms. The number of rotatable bonds is 6. The van der Waals surface area contributed by atoms with E-state index < -0.39 is 12.1 Å². The summed E-state index contributed by atoms with van der Waals surface area (Å²) < 4.78 is 4.69. The number of ether oxygens (including phenoxy) is 1. The van der Waals surface area contributed by atoms with E-state index in [2.05, 4.69) is 52.9 Å². The minimum absolute atomic E-state index is 0.0700. The van der Waals surface area contributed by atoms with Gasteiger partial charge in [-0.3, -0.25) is 4.79 Å². The molecule has 0 aliphatic carbocycles. The number of nitrogens with zero attached hydrogens (tertiary/aromatic N) is 2. The van der Waals surface area contributed by atoms with Gasteiger partial charge in [-0.15, -0.1) is 24.5 Å². The Hall–Kier alpha value is -3.22. The van der Waals surface area contributed by atoms with Crippen LogP contribution in [0.4, 0.5) is 4.79 Å². The Bertz CT molecular complexity index is 1110. The van der Waals surface area contributed by atoms with Gasteiger partial charge < -0.3 is 19.9 Å². The van der Waals surface area contributed by atoms with Crippen molar-refractivity contribution in [3.8, 4) is 22.4 Å². The van der Waals surface area contributed by atoms with E-state index in [1.807, 2.05) is 32.1 Å². The van der Waals surface area contributed by atoms with Crippen molar-refractivity contribution >= 4 is 36.0 Å². The van der Waals surface area contributed by atoms with Gasteiger partial charge in [0.05, 0.1) is 34.8 Å².